The molecule has 0 aromatic heterocycles. The largest absolute Gasteiger partial charge is 0.371 e. The summed E-state index contributed by atoms with van der Waals surface area (Å²) in [5.41, 5.74) is 7.31. The maximum atomic E-state index is 12.1. The zero-order valence-corrected chi connectivity index (χ0v) is 12.1. The molecule has 0 saturated heterocycles. The van der Waals surface area contributed by atoms with Gasteiger partial charge in [0.2, 0.25) is 5.91 Å². The molecule has 3 heteroatoms. The van der Waals surface area contributed by atoms with E-state index in [4.69, 9.17) is 5.73 Å². The molecule has 3 atom stereocenters. The first-order chi connectivity index (χ1) is 8.97. The van der Waals surface area contributed by atoms with Crippen LogP contribution in [0.5, 0.6) is 0 Å². The highest BCUT2D eigenvalue weighted by Gasteiger charge is 2.46. The first-order valence-electron chi connectivity index (χ1n) is 7.11. The third-order valence-electron chi connectivity index (χ3n) is 4.80. The molecule has 0 aliphatic heterocycles. The van der Waals surface area contributed by atoms with E-state index in [9.17, 15) is 4.79 Å². The van der Waals surface area contributed by atoms with Gasteiger partial charge in [0, 0.05) is 5.69 Å². The molecule has 1 saturated carbocycles. The summed E-state index contributed by atoms with van der Waals surface area (Å²) in [4.78, 5) is 12.1. The molecular formula is C16H24N2O. The maximum Gasteiger partial charge on any atom is 0.243 e. The Labute approximate surface area is 115 Å². The van der Waals surface area contributed by atoms with Crippen LogP contribution in [0.1, 0.15) is 38.7 Å². The fourth-order valence-corrected chi connectivity index (χ4v) is 3.21. The number of nitrogens with two attached hydrogens (primary N) is 1. The Bertz CT molecular complexity index is 472. The van der Waals surface area contributed by atoms with Gasteiger partial charge in [0.1, 0.15) is 5.54 Å². The van der Waals surface area contributed by atoms with Crippen molar-refractivity contribution < 1.29 is 4.79 Å². The van der Waals surface area contributed by atoms with Gasteiger partial charge < -0.3 is 11.1 Å². The summed E-state index contributed by atoms with van der Waals surface area (Å²) in [6, 6.07) is 8.06. The van der Waals surface area contributed by atoms with Gasteiger partial charge in [-0.05, 0) is 36.8 Å². The second-order valence-electron chi connectivity index (χ2n) is 5.93. The number of aryl methyl sites for hydroxylation is 1. The van der Waals surface area contributed by atoms with Crippen molar-refractivity contribution in [3.8, 4) is 0 Å². The summed E-state index contributed by atoms with van der Waals surface area (Å²) in [6.45, 7) is 6.40. The zero-order chi connectivity index (χ0) is 14.0. The van der Waals surface area contributed by atoms with Crippen molar-refractivity contribution in [2.45, 2.75) is 45.6 Å². The lowest BCUT2D eigenvalue weighted by atomic mass is 9.67. The molecule has 1 amide bonds. The summed E-state index contributed by atoms with van der Waals surface area (Å²) in [5.74, 6) is 0.533. The van der Waals surface area contributed by atoms with Gasteiger partial charge >= 0.3 is 0 Å². The van der Waals surface area contributed by atoms with Gasteiger partial charge in [-0.3, -0.25) is 4.79 Å². The number of nitrogens with one attached hydrogen (secondary N) is 1. The van der Waals surface area contributed by atoms with Crippen LogP contribution in [0.2, 0.25) is 0 Å². The highest BCUT2D eigenvalue weighted by atomic mass is 16.1. The number of primary amides is 1. The number of amides is 1. The van der Waals surface area contributed by atoms with Crippen molar-refractivity contribution in [1.29, 1.82) is 0 Å². The van der Waals surface area contributed by atoms with Crippen LogP contribution in [0.4, 0.5) is 5.69 Å². The van der Waals surface area contributed by atoms with Gasteiger partial charge in [-0.2, -0.15) is 0 Å². The SMILES string of the molecule is Cc1ccccc1NC1(C(N)=O)CCCC(C)C1C. The summed E-state index contributed by atoms with van der Waals surface area (Å²) >= 11 is 0. The summed E-state index contributed by atoms with van der Waals surface area (Å²) in [6.07, 6.45) is 3.04. The number of carbonyl (C=O) groups excluding carboxylic acids is 1. The third-order valence-corrected chi connectivity index (χ3v) is 4.80. The number of rotatable bonds is 3. The Hall–Kier alpha value is -1.51. The zero-order valence-electron chi connectivity index (χ0n) is 12.1. The first-order valence-corrected chi connectivity index (χ1v) is 7.11. The molecule has 0 heterocycles. The predicted molar refractivity (Wildman–Crippen MR) is 78.9 cm³/mol. The van der Waals surface area contributed by atoms with Crippen molar-refractivity contribution in [1.82, 2.24) is 0 Å². The Morgan fingerprint density at radius 1 is 1.37 bits per heavy atom. The summed E-state index contributed by atoms with van der Waals surface area (Å²) in [7, 11) is 0. The van der Waals surface area contributed by atoms with Crippen LogP contribution in [-0.2, 0) is 4.79 Å². The minimum absolute atomic E-state index is 0.227. The molecule has 0 bridgehead atoms. The lowest BCUT2D eigenvalue weighted by molar-refractivity contribution is -0.125. The van der Waals surface area contributed by atoms with E-state index in [-0.39, 0.29) is 11.8 Å². The van der Waals surface area contributed by atoms with Gasteiger partial charge in [-0.15, -0.1) is 0 Å². The van der Waals surface area contributed by atoms with Gasteiger partial charge in [-0.25, -0.2) is 0 Å². The van der Waals surface area contributed by atoms with Crippen molar-refractivity contribution in [3.05, 3.63) is 29.8 Å². The van der Waals surface area contributed by atoms with Crippen LogP contribution in [0.15, 0.2) is 24.3 Å². The Balaban J connectivity index is 2.35. The van der Waals surface area contributed by atoms with Crippen molar-refractivity contribution in [2.24, 2.45) is 17.6 Å². The lowest BCUT2D eigenvalue weighted by Gasteiger charge is -2.45. The normalized spacial score (nSPS) is 30.9. The smallest absolute Gasteiger partial charge is 0.243 e. The second kappa shape index (κ2) is 5.24. The molecule has 1 aliphatic rings. The number of hydrogen-bond donors (Lipinski definition) is 2. The molecule has 1 fully saturated rings. The van der Waals surface area contributed by atoms with Crippen molar-refractivity contribution in [3.63, 3.8) is 0 Å². The van der Waals surface area contributed by atoms with E-state index >= 15 is 0 Å². The van der Waals surface area contributed by atoms with Crippen LogP contribution in [0.3, 0.4) is 0 Å². The third kappa shape index (κ3) is 2.46. The van der Waals surface area contributed by atoms with E-state index in [0.29, 0.717) is 5.92 Å². The molecule has 1 aliphatic carbocycles. The van der Waals surface area contributed by atoms with E-state index in [1.54, 1.807) is 0 Å². The van der Waals surface area contributed by atoms with Gasteiger partial charge in [0.15, 0.2) is 0 Å². The Morgan fingerprint density at radius 2 is 2.05 bits per heavy atom. The molecule has 3 N–H and O–H groups in total. The molecule has 1 aromatic rings. The van der Waals surface area contributed by atoms with Crippen LogP contribution in [0.25, 0.3) is 0 Å². The molecule has 0 spiro atoms. The van der Waals surface area contributed by atoms with Crippen molar-refractivity contribution in [2.75, 3.05) is 5.32 Å². The predicted octanol–water partition coefficient (Wildman–Crippen LogP) is 3.09. The molecule has 3 nitrogen and oxygen atoms in total. The summed E-state index contributed by atoms with van der Waals surface area (Å²) in [5, 5.41) is 3.47. The molecule has 2 rings (SSSR count). The fraction of sp³-hybridized carbons (Fsp3) is 0.562. The maximum absolute atomic E-state index is 12.1. The van der Waals surface area contributed by atoms with E-state index in [1.807, 2.05) is 31.2 Å². The van der Waals surface area contributed by atoms with Crippen LogP contribution < -0.4 is 11.1 Å². The molecule has 0 radical (unpaired) electrons. The Morgan fingerprint density at radius 3 is 2.68 bits per heavy atom. The fourth-order valence-electron chi connectivity index (χ4n) is 3.21. The topological polar surface area (TPSA) is 55.1 Å². The molecule has 104 valence electrons. The second-order valence-corrected chi connectivity index (χ2v) is 5.93. The van der Waals surface area contributed by atoms with Gasteiger partial charge in [0.25, 0.3) is 0 Å². The van der Waals surface area contributed by atoms with E-state index in [0.717, 1.165) is 24.1 Å². The number of para-hydroxylation sites is 1. The minimum atomic E-state index is -0.607. The van der Waals surface area contributed by atoms with E-state index in [1.165, 1.54) is 6.42 Å². The van der Waals surface area contributed by atoms with Crippen molar-refractivity contribution >= 4 is 11.6 Å². The molecule has 19 heavy (non-hydrogen) atoms. The van der Waals surface area contributed by atoms with Gasteiger partial charge in [0.05, 0.1) is 0 Å². The Kier molecular flexibility index (Phi) is 3.83. The summed E-state index contributed by atoms with van der Waals surface area (Å²) < 4.78 is 0. The van der Waals surface area contributed by atoms with E-state index in [2.05, 4.69) is 19.2 Å². The van der Waals surface area contributed by atoms with Crippen LogP contribution >= 0.6 is 0 Å². The number of hydrogen-bond acceptors (Lipinski definition) is 2. The quantitative estimate of drug-likeness (QED) is 0.877. The minimum Gasteiger partial charge on any atom is -0.371 e. The highest BCUT2D eigenvalue weighted by Crippen LogP contribution is 2.40. The number of carbonyl (C=O) groups is 1. The monoisotopic (exact) mass is 260 g/mol. The van der Waals surface area contributed by atoms with Gasteiger partial charge in [-0.1, -0.05) is 44.9 Å². The molecular weight excluding hydrogens is 236 g/mol. The first kappa shape index (κ1) is 13.9. The molecule has 3 unspecified atom stereocenters. The van der Waals surface area contributed by atoms with Crippen LogP contribution in [0, 0.1) is 18.8 Å². The van der Waals surface area contributed by atoms with Crippen LogP contribution in [-0.4, -0.2) is 11.4 Å². The number of benzene rings is 1. The molecule has 1 aromatic carbocycles. The highest BCUT2D eigenvalue weighted by molar-refractivity contribution is 5.88. The van der Waals surface area contributed by atoms with E-state index < -0.39 is 5.54 Å². The number of anilines is 1. The average Bonchev–Trinajstić information content (AvgIpc) is 2.37. The lowest BCUT2D eigenvalue weighted by Crippen LogP contribution is -2.58. The average molecular weight is 260 g/mol. The standard InChI is InChI=1S/C16H24N2O/c1-11-8-6-10-16(13(11)3,15(17)19)18-14-9-5-4-7-12(14)2/h4-5,7,9,11,13,18H,6,8,10H2,1-3H3,(H2,17,19).